The Hall–Kier alpha value is -8.67. The molecule has 2 aromatic heterocycles. The third-order valence-corrected chi connectivity index (χ3v) is 12.4. The summed E-state index contributed by atoms with van der Waals surface area (Å²) < 4.78 is 159. The number of hydrogen-bond acceptors (Lipinski definition) is 17. The number of nitrogens with two attached hydrogens (primary N) is 2. The fraction of sp³-hybridized carbons (Fsp3) is 0.159. The summed E-state index contributed by atoms with van der Waals surface area (Å²) in [7, 11) is -9.06. The smallest absolute Gasteiger partial charge is 0.481 e. The fourth-order valence-corrected chi connectivity index (χ4v) is 7.91. The standard InChI is InChI=1S/2C21H15F4N5O4S.C2H4O2/c2*1-30-18(31)20(29-19(30)26,12-2-5-14(6-3-12)34-35(32,33)21(23,24)25)13-4-7-16(22)15(10-13)17-11-27-8-9-28-17;1-2(3)4/h2*2-11H,1H3,(H2,26,29);1H3,(H,3,4). The molecule has 4 aromatic carbocycles. The highest BCUT2D eigenvalue weighted by molar-refractivity contribution is 7.88. The van der Waals surface area contributed by atoms with E-state index in [0.29, 0.717) is 0 Å². The van der Waals surface area contributed by atoms with E-state index in [4.69, 9.17) is 21.4 Å². The van der Waals surface area contributed by atoms with E-state index in [-0.39, 0.29) is 56.7 Å². The van der Waals surface area contributed by atoms with Crippen LogP contribution in [0, 0.1) is 11.6 Å². The Bertz CT molecular complexity index is 3190. The van der Waals surface area contributed by atoms with E-state index < -0.39 is 83.2 Å². The predicted molar refractivity (Wildman–Crippen MR) is 243 cm³/mol. The second-order valence-electron chi connectivity index (χ2n) is 15.2. The maximum Gasteiger partial charge on any atom is 0.534 e. The van der Waals surface area contributed by atoms with E-state index in [9.17, 15) is 61.5 Å². The quantitative estimate of drug-likeness (QED) is 0.0905. The molecule has 2 amide bonds. The van der Waals surface area contributed by atoms with E-state index in [1.54, 1.807) is 0 Å². The zero-order valence-corrected chi connectivity index (χ0v) is 39.4. The number of aliphatic carboxylic acids is 1. The number of carboxylic acids is 1. The topological polar surface area (TPSA) is 293 Å². The first-order chi connectivity index (χ1) is 34.5. The number of aromatic nitrogens is 4. The first kappa shape index (κ1) is 54.7. The number of halogens is 8. The highest BCUT2D eigenvalue weighted by Gasteiger charge is 2.53. The van der Waals surface area contributed by atoms with Gasteiger partial charge in [0.25, 0.3) is 17.8 Å². The van der Waals surface area contributed by atoms with Gasteiger partial charge in [-0.2, -0.15) is 43.2 Å². The molecule has 2 aliphatic rings. The van der Waals surface area contributed by atoms with Gasteiger partial charge in [0.05, 0.1) is 23.8 Å². The maximum atomic E-state index is 14.6. The Balaban J connectivity index is 0.000000225. The van der Waals surface area contributed by atoms with Crippen molar-refractivity contribution in [3.8, 4) is 34.0 Å². The Morgan fingerprint density at radius 2 is 0.892 bits per heavy atom. The van der Waals surface area contributed by atoms with Crippen LogP contribution in [-0.4, -0.2) is 106 Å². The third-order valence-electron chi connectivity index (χ3n) is 10.4. The molecule has 0 fully saturated rings. The minimum absolute atomic E-state index is 0.0160. The molecule has 8 rings (SSSR count). The Morgan fingerprint density at radius 3 is 1.15 bits per heavy atom. The summed E-state index contributed by atoms with van der Waals surface area (Å²) in [6.07, 6.45) is 8.15. The Morgan fingerprint density at radius 1 is 0.581 bits per heavy atom. The fourth-order valence-electron chi connectivity index (χ4n) is 6.99. The predicted octanol–water partition coefficient (Wildman–Crippen LogP) is 5.17. The van der Waals surface area contributed by atoms with Gasteiger partial charge in [0.15, 0.2) is 23.0 Å². The zero-order valence-electron chi connectivity index (χ0n) is 37.7. The van der Waals surface area contributed by atoms with E-state index in [2.05, 4.69) is 38.3 Å². The number of alkyl halides is 6. The lowest BCUT2D eigenvalue weighted by atomic mass is 9.82. The molecule has 2 atom stereocenters. The van der Waals surface area contributed by atoms with Crippen molar-refractivity contribution < 1.29 is 79.8 Å². The molecular formula is C44H34F8N10O10S2. The lowest BCUT2D eigenvalue weighted by Gasteiger charge is -2.26. The summed E-state index contributed by atoms with van der Waals surface area (Å²) in [6, 6.07) is 15.9. The largest absolute Gasteiger partial charge is 0.534 e. The maximum absolute atomic E-state index is 14.6. The Kier molecular flexibility index (Phi) is 15.1. The number of guanidine groups is 2. The minimum Gasteiger partial charge on any atom is -0.481 e. The molecule has 4 heterocycles. The van der Waals surface area contributed by atoms with Gasteiger partial charge in [-0.05, 0) is 70.8 Å². The van der Waals surface area contributed by atoms with E-state index in [1.165, 1.54) is 99.8 Å². The molecule has 6 aromatic rings. The van der Waals surface area contributed by atoms with Crippen LogP contribution in [0.1, 0.15) is 29.2 Å². The minimum atomic E-state index is -5.90. The van der Waals surface area contributed by atoms with Gasteiger partial charge >= 0.3 is 31.3 Å². The van der Waals surface area contributed by atoms with Crippen LogP contribution in [0.5, 0.6) is 11.5 Å². The SMILES string of the molecule is CC(=O)O.CN1C(=O)C(c2ccc(OS(=O)(=O)C(F)(F)F)cc2)(c2ccc(F)c(-c3cnccn3)c2)N=C1N.CN1C(=O)C(c2ccc(OS(=O)(=O)C(F)(F)F)cc2)(c2ccc(F)c(-c3cnccn3)c2)N=C1N. The molecule has 0 radical (unpaired) electrons. The molecule has 0 bridgehead atoms. The number of amides is 2. The lowest BCUT2D eigenvalue weighted by Crippen LogP contribution is -2.41. The highest BCUT2D eigenvalue weighted by Crippen LogP contribution is 2.43. The molecule has 20 nitrogen and oxygen atoms in total. The van der Waals surface area contributed by atoms with Gasteiger partial charge in [0, 0.05) is 56.9 Å². The van der Waals surface area contributed by atoms with Crippen molar-refractivity contribution in [3.05, 3.63) is 156 Å². The average Bonchev–Trinajstić information content (AvgIpc) is 3.71. The van der Waals surface area contributed by atoms with Gasteiger partial charge < -0.3 is 24.9 Å². The van der Waals surface area contributed by atoms with Crippen molar-refractivity contribution >= 4 is 49.9 Å². The summed E-state index contributed by atoms with van der Waals surface area (Å²) in [5.41, 5.74) is -2.19. The molecule has 0 spiro atoms. The molecule has 0 saturated carbocycles. The summed E-state index contributed by atoms with van der Waals surface area (Å²) in [4.78, 5) is 62.4. The van der Waals surface area contributed by atoms with Crippen LogP contribution in [0.2, 0.25) is 0 Å². The number of carbonyl (C=O) groups excluding carboxylic acids is 2. The van der Waals surface area contributed by atoms with Crippen molar-refractivity contribution in [3.63, 3.8) is 0 Å². The van der Waals surface area contributed by atoms with Gasteiger partial charge in [0.1, 0.15) is 23.1 Å². The first-order valence-electron chi connectivity index (χ1n) is 20.3. The van der Waals surface area contributed by atoms with Crippen LogP contribution in [-0.2, 0) is 45.7 Å². The van der Waals surface area contributed by atoms with Crippen LogP contribution in [0.4, 0.5) is 35.1 Å². The van der Waals surface area contributed by atoms with Gasteiger partial charge in [-0.3, -0.25) is 44.1 Å². The second kappa shape index (κ2) is 20.4. The zero-order chi connectivity index (χ0) is 54.8. The van der Waals surface area contributed by atoms with E-state index in [0.717, 1.165) is 53.1 Å². The summed E-state index contributed by atoms with van der Waals surface area (Å²) >= 11 is 0. The van der Waals surface area contributed by atoms with Crippen molar-refractivity contribution in [1.82, 2.24) is 29.7 Å². The number of likely N-dealkylation sites (N-methyl/N-ethyl adjacent to an activating group) is 2. The number of carboxylic acid groups (broad SMARTS) is 1. The number of nitrogens with zero attached hydrogens (tertiary/aromatic N) is 8. The number of carbonyl (C=O) groups is 3. The molecule has 2 aliphatic heterocycles. The number of rotatable bonds is 10. The van der Waals surface area contributed by atoms with Crippen LogP contribution < -0.4 is 19.8 Å². The van der Waals surface area contributed by atoms with Crippen LogP contribution in [0.3, 0.4) is 0 Å². The van der Waals surface area contributed by atoms with Crippen LogP contribution in [0.15, 0.2) is 132 Å². The van der Waals surface area contributed by atoms with Crippen molar-refractivity contribution in [2.75, 3.05) is 14.1 Å². The third kappa shape index (κ3) is 10.7. The van der Waals surface area contributed by atoms with E-state index in [1.807, 2.05) is 0 Å². The van der Waals surface area contributed by atoms with Gasteiger partial charge in [-0.25, -0.2) is 18.8 Å². The molecule has 74 heavy (non-hydrogen) atoms. The highest BCUT2D eigenvalue weighted by atomic mass is 32.2. The molecule has 388 valence electrons. The molecular weight excluding hydrogens is 1040 g/mol. The number of hydrogen-bond donors (Lipinski definition) is 3. The summed E-state index contributed by atoms with van der Waals surface area (Å²) in [5, 5.41) is 7.42. The Labute approximate surface area is 412 Å². The van der Waals surface area contributed by atoms with Crippen molar-refractivity contribution in [2.24, 2.45) is 21.5 Å². The lowest BCUT2D eigenvalue weighted by molar-refractivity contribution is -0.134. The molecule has 30 heteroatoms. The second-order valence-corrected chi connectivity index (χ2v) is 18.3. The molecule has 5 N–H and O–H groups in total. The molecule has 0 saturated heterocycles. The average molecular weight is 1080 g/mol. The van der Waals surface area contributed by atoms with E-state index >= 15 is 0 Å². The van der Waals surface area contributed by atoms with Crippen molar-refractivity contribution in [2.45, 2.75) is 29.0 Å². The first-order valence-corrected chi connectivity index (χ1v) is 23.1. The number of benzene rings is 4. The summed E-state index contributed by atoms with van der Waals surface area (Å²) in [5.74, 6) is -5.03. The van der Waals surface area contributed by atoms with Gasteiger partial charge in [-0.1, -0.05) is 36.4 Å². The summed E-state index contributed by atoms with van der Waals surface area (Å²) in [6.45, 7) is 1.08. The van der Waals surface area contributed by atoms with Crippen LogP contribution in [0.25, 0.3) is 22.5 Å². The molecule has 0 aliphatic carbocycles. The normalized spacial score (nSPS) is 17.8. The van der Waals surface area contributed by atoms with Gasteiger partial charge in [0.2, 0.25) is 0 Å². The number of aliphatic imine (C=N–C) groups is 2. The van der Waals surface area contributed by atoms with Gasteiger partial charge in [-0.15, -0.1) is 0 Å². The monoisotopic (exact) mass is 1080 g/mol. The van der Waals surface area contributed by atoms with Crippen molar-refractivity contribution in [1.29, 1.82) is 0 Å². The van der Waals surface area contributed by atoms with Crippen LogP contribution >= 0.6 is 0 Å². The molecule has 2 unspecified atom stereocenters.